The second kappa shape index (κ2) is 11.8. The lowest BCUT2D eigenvalue weighted by Gasteiger charge is -2.16. The molecule has 2 aromatic carbocycles. The van der Waals surface area contributed by atoms with Gasteiger partial charge in [0.25, 0.3) is 0 Å². The molecular weight excluding hydrogens is 402 g/mol. The third kappa shape index (κ3) is 7.61. The molecule has 0 saturated carbocycles. The van der Waals surface area contributed by atoms with Crippen LogP contribution in [0.5, 0.6) is 17.2 Å². The van der Waals surface area contributed by atoms with Crippen LogP contribution in [-0.4, -0.2) is 19.8 Å². The van der Waals surface area contributed by atoms with E-state index in [-0.39, 0.29) is 6.61 Å². The van der Waals surface area contributed by atoms with E-state index < -0.39 is 5.29 Å². The van der Waals surface area contributed by atoms with Crippen LogP contribution in [0.15, 0.2) is 47.8 Å². The molecule has 0 atom stereocenters. The summed E-state index contributed by atoms with van der Waals surface area (Å²) in [6.45, 7) is 5.36. The van der Waals surface area contributed by atoms with Crippen molar-refractivity contribution in [1.82, 2.24) is 0 Å². The van der Waals surface area contributed by atoms with E-state index in [0.29, 0.717) is 24.0 Å². The summed E-state index contributed by atoms with van der Waals surface area (Å²) in [4.78, 5) is 0. The van der Waals surface area contributed by atoms with Gasteiger partial charge >= 0.3 is 0 Å². The zero-order chi connectivity index (χ0) is 20.4. The lowest BCUT2D eigenvalue weighted by Crippen LogP contribution is -2.05. The molecule has 6 heteroatoms. The molecule has 0 spiro atoms. The van der Waals surface area contributed by atoms with Crippen molar-refractivity contribution >= 4 is 23.2 Å². The number of rotatable bonds is 11. The van der Waals surface area contributed by atoms with Crippen LogP contribution in [0.3, 0.4) is 0 Å². The maximum absolute atomic E-state index is 12.5. The molecule has 28 heavy (non-hydrogen) atoms. The number of halogens is 3. The first-order valence-electron chi connectivity index (χ1n) is 9.28. The maximum Gasteiger partial charge on any atom is 0.188 e. The summed E-state index contributed by atoms with van der Waals surface area (Å²) in [5, 5.41) is -0.0747. The molecule has 3 nitrogen and oxygen atoms in total. The molecule has 0 unspecified atom stereocenters. The summed E-state index contributed by atoms with van der Waals surface area (Å²) in [6, 6.07) is 11.1. The van der Waals surface area contributed by atoms with Crippen LogP contribution in [0.2, 0.25) is 5.02 Å². The minimum Gasteiger partial charge on any atom is -0.494 e. The average Bonchev–Trinajstić information content (AvgIpc) is 2.66. The topological polar surface area (TPSA) is 27.7 Å². The second-order valence-corrected chi connectivity index (χ2v) is 7.04. The van der Waals surface area contributed by atoms with Crippen molar-refractivity contribution in [3.8, 4) is 17.2 Å². The maximum atomic E-state index is 12.5. The molecule has 2 aromatic rings. The molecule has 0 radical (unpaired) electrons. The summed E-state index contributed by atoms with van der Waals surface area (Å²) in [6.07, 6.45) is 3.76. The van der Waals surface area contributed by atoms with E-state index >= 15 is 0 Å². The van der Waals surface area contributed by atoms with Crippen LogP contribution in [0.4, 0.5) is 4.39 Å². The average molecular weight is 427 g/mol. The fraction of sp³-hybridized carbons (Fsp3) is 0.364. The van der Waals surface area contributed by atoms with Crippen molar-refractivity contribution in [2.24, 2.45) is 0 Å². The zero-order valence-electron chi connectivity index (χ0n) is 16.1. The fourth-order valence-corrected chi connectivity index (χ4v) is 2.85. The van der Waals surface area contributed by atoms with Crippen molar-refractivity contribution in [1.29, 1.82) is 0 Å². The third-order valence-corrected chi connectivity index (χ3v) is 4.47. The van der Waals surface area contributed by atoms with Crippen molar-refractivity contribution < 1.29 is 18.6 Å². The minimum absolute atomic E-state index is 0.0890. The highest BCUT2D eigenvalue weighted by atomic mass is 35.5. The van der Waals surface area contributed by atoms with Gasteiger partial charge in [0.15, 0.2) is 5.29 Å². The van der Waals surface area contributed by atoms with Gasteiger partial charge in [-0.2, -0.15) is 4.39 Å². The van der Waals surface area contributed by atoms with Crippen molar-refractivity contribution in [3.05, 3.63) is 63.9 Å². The molecule has 0 aliphatic carbocycles. The minimum atomic E-state index is -0.771. The van der Waals surface area contributed by atoms with Crippen LogP contribution in [0.25, 0.3) is 0 Å². The van der Waals surface area contributed by atoms with Crippen molar-refractivity contribution in [3.63, 3.8) is 0 Å². The van der Waals surface area contributed by atoms with Gasteiger partial charge in [-0.05, 0) is 73.7 Å². The Kier molecular flexibility index (Phi) is 9.45. The SMILES string of the molecule is CCc1cc(OCC=C(F)Cl)cc(C)c1OCCCCOc1ccc(Cl)cc1. The Morgan fingerprint density at radius 1 is 1.00 bits per heavy atom. The predicted octanol–water partition coefficient (Wildman–Crippen LogP) is 6.88. The van der Waals surface area contributed by atoms with Gasteiger partial charge in [0, 0.05) is 11.1 Å². The first kappa shape index (κ1) is 22.4. The molecule has 0 aromatic heterocycles. The quantitative estimate of drug-likeness (QED) is 0.366. The first-order valence-corrected chi connectivity index (χ1v) is 10.0. The number of ether oxygens (including phenoxy) is 3. The van der Waals surface area contributed by atoms with Gasteiger partial charge in [0.05, 0.1) is 13.2 Å². The van der Waals surface area contributed by atoms with E-state index in [2.05, 4.69) is 6.92 Å². The van der Waals surface area contributed by atoms with E-state index in [4.69, 9.17) is 37.4 Å². The Bertz CT molecular complexity index is 772. The molecule has 2 rings (SSSR count). The molecule has 0 aliphatic rings. The predicted molar refractivity (Wildman–Crippen MR) is 113 cm³/mol. The number of hydrogen-bond donors (Lipinski definition) is 0. The Balaban J connectivity index is 1.79. The van der Waals surface area contributed by atoms with Crippen LogP contribution in [-0.2, 0) is 6.42 Å². The van der Waals surface area contributed by atoms with E-state index in [9.17, 15) is 4.39 Å². The molecule has 0 amide bonds. The van der Waals surface area contributed by atoms with E-state index in [0.717, 1.165) is 41.9 Å². The summed E-state index contributed by atoms with van der Waals surface area (Å²) >= 11 is 11.0. The molecular formula is C22H25Cl2FO3. The highest BCUT2D eigenvalue weighted by Gasteiger charge is 2.09. The number of hydrogen-bond acceptors (Lipinski definition) is 3. The second-order valence-electron chi connectivity index (χ2n) is 6.24. The van der Waals surface area contributed by atoms with Gasteiger partial charge < -0.3 is 14.2 Å². The van der Waals surface area contributed by atoms with E-state index in [1.165, 1.54) is 6.08 Å². The highest BCUT2D eigenvalue weighted by molar-refractivity contribution is 6.30. The fourth-order valence-electron chi connectivity index (χ4n) is 2.66. The molecule has 0 aliphatic heterocycles. The van der Waals surface area contributed by atoms with Crippen LogP contribution >= 0.6 is 23.2 Å². The Morgan fingerprint density at radius 2 is 1.68 bits per heavy atom. The third-order valence-electron chi connectivity index (χ3n) is 4.06. The largest absolute Gasteiger partial charge is 0.494 e. The lowest BCUT2D eigenvalue weighted by molar-refractivity contribution is 0.264. The van der Waals surface area contributed by atoms with Gasteiger partial charge in [0.2, 0.25) is 0 Å². The highest BCUT2D eigenvalue weighted by Crippen LogP contribution is 2.30. The standard InChI is InChI=1S/C22H25Cl2FO3/c1-3-17-15-20(27-13-10-21(24)25)14-16(2)22(17)28-12-5-4-11-26-19-8-6-18(23)7-9-19/h6-10,14-15H,3-5,11-13H2,1-2H3. The molecule has 0 heterocycles. The Morgan fingerprint density at radius 3 is 2.32 bits per heavy atom. The number of unbranched alkanes of at least 4 members (excludes halogenated alkanes) is 1. The van der Waals surface area contributed by atoms with Crippen LogP contribution < -0.4 is 14.2 Å². The first-order chi connectivity index (χ1) is 13.5. The van der Waals surface area contributed by atoms with Crippen molar-refractivity contribution in [2.75, 3.05) is 19.8 Å². The van der Waals surface area contributed by atoms with E-state index in [1.807, 2.05) is 43.3 Å². The monoisotopic (exact) mass is 426 g/mol. The van der Waals surface area contributed by atoms with Gasteiger partial charge in [-0.25, -0.2) is 0 Å². The normalized spacial score (nSPS) is 11.4. The summed E-state index contributed by atoms with van der Waals surface area (Å²) < 4.78 is 29.7. The van der Waals surface area contributed by atoms with Gasteiger partial charge in [-0.3, -0.25) is 0 Å². The zero-order valence-corrected chi connectivity index (χ0v) is 17.7. The summed E-state index contributed by atoms with van der Waals surface area (Å²) in [7, 11) is 0. The molecule has 0 saturated heterocycles. The van der Waals surface area contributed by atoms with Crippen LogP contribution in [0, 0.1) is 6.92 Å². The van der Waals surface area contributed by atoms with Gasteiger partial charge in [0.1, 0.15) is 23.9 Å². The van der Waals surface area contributed by atoms with Gasteiger partial charge in [-0.15, -0.1) is 0 Å². The number of benzene rings is 2. The molecule has 0 bridgehead atoms. The molecule has 0 N–H and O–H groups in total. The Hall–Kier alpha value is -1.91. The van der Waals surface area contributed by atoms with Crippen molar-refractivity contribution in [2.45, 2.75) is 33.1 Å². The van der Waals surface area contributed by atoms with Crippen LogP contribution in [0.1, 0.15) is 30.9 Å². The number of aryl methyl sites for hydroxylation is 2. The van der Waals surface area contributed by atoms with E-state index in [1.54, 1.807) is 0 Å². The molecule has 152 valence electrons. The Labute approximate surface area is 176 Å². The lowest BCUT2D eigenvalue weighted by atomic mass is 10.1. The summed E-state index contributed by atoms with van der Waals surface area (Å²) in [5.41, 5.74) is 2.05. The summed E-state index contributed by atoms with van der Waals surface area (Å²) in [5.74, 6) is 2.37. The molecule has 0 fully saturated rings. The van der Waals surface area contributed by atoms with Gasteiger partial charge in [-0.1, -0.05) is 30.1 Å². The smallest absolute Gasteiger partial charge is 0.188 e.